The monoisotopic (exact) mass is 274 g/mol. The number of hydrogen-bond acceptors (Lipinski definition) is 3. The number of ether oxygens (including phenoxy) is 1. The van der Waals surface area contributed by atoms with Gasteiger partial charge in [-0.1, -0.05) is 18.2 Å². The molecule has 1 N–H and O–H groups in total. The summed E-state index contributed by atoms with van der Waals surface area (Å²) in [6.07, 6.45) is 2.73. The van der Waals surface area contributed by atoms with Crippen molar-refractivity contribution < 1.29 is 4.74 Å². The molecule has 1 aromatic rings. The Balaban J connectivity index is 1.66. The van der Waals surface area contributed by atoms with Crippen LogP contribution in [0.25, 0.3) is 0 Å². The first kappa shape index (κ1) is 13.9. The second-order valence-corrected chi connectivity index (χ2v) is 6.83. The molecule has 1 aliphatic heterocycles. The van der Waals surface area contributed by atoms with Crippen LogP contribution in [0.4, 0.5) is 0 Å². The van der Waals surface area contributed by atoms with Crippen molar-refractivity contribution in [2.45, 2.75) is 57.3 Å². The van der Waals surface area contributed by atoms with Crippen LogP contribution in [0.3, 0.4) is 0 Å². The fourth-order valence-electron chi connectivity index (χ4n) is 3.16. The van der Waals surface area contributed by atoms with Gasteiger partial charge in [0, 0.05) is 24.2 Å². The summed E-state index contributed by atoms with van der Waals surface area (Å²) >= 11 is 0. The summed E-state index contributed by atoms with van der Waals surface area (Å²) < 4.78 is 6.08. The highest BCUT2D eigenvalue weighted by molar-refractivity contribution is 5.42. The van der Waals surface area contributed by atoms with Gasteiger partial charge >= 0.3 is 0 Å². The van der Waals surface area contributed by atoms with Gasteiger partial charge in [0.1, 0.15) is 11.4 Å². The van der Waals surface area contributed by atoms with Gasteiger partial charge < -0.3 is 10.1 Å². The van der Waals surface area contributed by atoms with Gasteiger partial charge in [0.25, 0.3) is 0 Å². The molecule has 1 saturated carbocycles. The maximum absolute atomic E-state index is 6.08. The minimum Gasteiger partial charge on any atom is -0.486 e. The number of fused-ring (bicyclic) bond motifs is 1. The van der Waals surface area contributed by atoms with Crippen molar-refractivity contribution in [3.8, 4) is 5.75 Å². The van der Waals surface area contributed by atoms with Crippen LogP contribution < -0.4 is 10.1 Å². The summed E-state index contributed by atoms with van der Waals surface area (Å²) in [7, 11) is 2.24. The number of para-hydroxylation sites is 1. The largest absolute Gasteiger partial charge is 0.486 e. The van der Waals surface area contributed by atoms with Crippen molar-refractivity contribution in [3.63, 3.8) is 0 Å². The smallest absolute Gasteiger partial charge is 0.125 e. The van der Waals surface area contributed by atoms with Gasteiger partial charge in [0.2, 0.25) is 0 Å². The van der Waals surface area contributed by atoms with Crippen LogP contribution in [0.15, 0.2) is 24.3 Å². The average Bonchev–Trinajstić information content (AvgIpc) is 3.20. The highest BCUT2D eigenvalue weighted by Crippen LogP contribution is 2.42. The molecule has 3 heteroatoms. The third-order valence-corrected chi connectivity index (χ3v) is 4.73. The first-order valence-corrected chi connectivity index (χ1v) is 7.72. The number of benzene rings is 1. The Labute approximate surface area is 122 Å². The second kappa shape index (κ2) is 5.05. The third kappa shape index (κ3) is 2.57. The topological polar surface area (TPSA) is 24.5 Å². The van der Waals surface area contributed by atoms with E-state index in [1.54, 1.807) is 0 Å². The molecule has 1 fully saturated rings. The third-order valence-electron chi connectivity index (χ3n) is 4.73. The van der Waals surface area contributed by atoms with E-state index in [-0.39, 0.29) is 11.6 Å². The maximum Gasteiger partial charge on any atom is 0.125 e. The minimum atomic E-state index is -0.179. The molecule has 2 atom stereocenters. The predicted octanol–water partition coefficient (Wildman–Crippen LogP) is 2.97. The normalized spacial score (nSPS) is 25.4. The second-order valence-electron chi connectivity index (χ2n) is 6.83. The van der Waals surface area contributed by atoms with E-state index in [0.717, 1.165) is 18.3 Å². The van der Waals surface area contributed by atoms with Crippen molar-refractivity contribution in [1.82, 2.24) is 10.2 Å². The van der Waals surface area contributed by atoms with Crippen molar-refractivity contribution in [3.05, 3.63) is 29.8 Å². The highest BCUT2D eigenvalue weighted by atomic mass is 16.5. The number of nitrogens with one attached hydrogen (secondary N) is 1. The summed E-state index contributed by atoms with van der Waals surface area (Å²) in [5.41, 5.74) is 1.11. The molecule has 3 nitrogen and oxygen atoms in total. The molecule has 1 aliphatic carbocycles. The Morgan fingerprint density at radius 2 is 2.05 bits per heavy atom. The van der Waals surface area contributed by atoms with Gasteiger partial charge in [0.05, 0.1) is 6.04 Å². The number of hydrogen-bond donors (Lipinski definition) is 1. The molecule has 110 valence electrons. The van der Waals surface area contributed by atoms with E-state index in [4.69, 9.17) is 4.74 Å². The fraction of sp³-hybridized carbons (Fsp3) is 0.647. The number of nitrogens with zero attached hydrogens (tertiary/aromatic N) is 1. The van der Waals surface area contributed by atoms with Crippen LogP contribution in [0, 0.1) is 0 Å². The minimum absolute atomic E-state index is 0.179. The molecule has 0 spiro atoms. The van der Waals surface area contributed by atoms with Crippen LogP contribution in [-0.2, 0) is 0 Å². The molecule has 3 rings (SSSR count). The number of likely N-dealkylation sites (N-methyl/N-ethyl adjacent to an activating group) is 1. The van der Waals surface area contributed by atoms with Crippen molar-refractivity contribution >= 4 is 0 Å². The first-order chi connectivity index (χ1) is 9.49. The standard InChI is InChI=1S/C17H26N2O/c1-12(19(4)13-9-10-13)11-18-16-14-7-5-6-8-15(14)20-17(16,2)3/h5-8,12-13,16,18H,9-11H2,1-4H3. The van der Waals surface area contributed by atoms with E-state index in [0.29, 0.717) is 6.04 Å². The molecule has 2 aliphatic rings. The Hall–Kier alpha value is -1.06. The van der Waals surface area contributed by atoms with E-state index in [2.05, 4.69) is 56.2 Å². The molecular weight excluding hydrogens is 248 g/mol. The Morgan fingerprint density at radius 1 is 1.35 bits per heavy atom. The van der Waals surface area contributed by atoms with Crippen LogP contribution in [0.2, 0.25) is 0 Å². The first-order valence-electron chi connectivity index (χ1n) is 7.72. The average molecular weight is 274 g/mol. The molecule has 0 bridgehead atoms. The van der Waals surface area contributed by atoms with E-state index >= 15 is 0 Å². The van der Waals surface area contributed by atoms with Gasteiger partial charge in [-0.15, -0.1) is 0 Å². The molecule has 0 amide bonds. The SMILES string of the molecule is CC(CNC1c2ccccc2OC1(C)C)N(C)C1CC1. The molecule has 0 aromatic heterocycles. The van der Waals surface area contributed by atoms with E-state index in [9.17, 15) is 0 Å². The van der Waals surface area contributed by atoms with Crippen LogP contribution in [0.1, 0.15) is 45.2 Å². The number of rotatable bonds is 5. The van der Waals surface area contributed by atoms with E-state index in [1.807, 2.05) is 6.07 Å². The zero-order valence-corrected chi connectivity index (χ0v) is 13.0. The summed E-state index contributed by atoms with van der Waals surface area (Å²) in [6, 6.07) is 10.0. The lowest BCUT2D eigenvalue weighted by molar-refractivity contribution is 0.0921. The molecule has 1 heterocycles. The predicted molar refractivity (Wildman–Crippen MR) is 82.1 cm³/mol. The summed E-state index contributed by atoms with van der Waals surface area (Å²) in [5.74, 6) is 1.03. The quantitative estimate of drug-likeness (QED) is 0.893. The van der Waals surface area contributed by atoms with Crippen LogP contribution in [0.5, 0.6) is 5.75 Å². The van der Waals surface area contributed by atoms with Crippen molar-refractivity contribution in [2.75, 3.05) is 13.6 Å². The van der Waals surface area contributed by atoms with Crippen molar-refractivity contribution in [2.24, 2.45) is 0 Å². The fourth-order valence-corrected chi connectivity index (χ4v) is 3.16. The lowest BCUT2D eigenvalue weighted by Gasteiger charge is -2.31. The van der Waals surface area contributed by atoms with Gasteiger partial charge in [-0.3, -0.25) is 4.90 Å². The lowest BCUT2D eigenvalue weighted by atomic mass is 9.94. The molecule has 0 radical (unpaired) electrons. The lowest BCUT2D eigenvalue weighted by Crippen LogP contribution is -2.45. The van der Waals surface area contributed by atoms with Crippen LogP contribution in [-0.4, -0.2) is 36.2 Å². The van der Waals surface area contributed by atoms with Gasteiger partial charge in [-0.25, -0.2) is 0 Å². The van der Waals surface area contributed by atoms with Gasteiger partial charge in [-0.2, -0.15) is 0 Å². The van der Waals surface area contributed by atoms with Crippen molar-refractivity contribution in [1.29, 1.82) is 0 Å². The van der Waals surface area contributed by atoms with Gasteiger partial charge in [0.15, 0.2) is 0 Å². The molecule has 2 unspecified atom stereocenters. The van der Waals surface area contributed by atoms with E-state index in [1.165, 1.54) is 18.4 Å². The van der Waals surface area contributed by atoms with Gasteiger partial charge in [-0.05, 0) is 46.7 Å². The Bertz CT molecular complexity index is 482. The van der Waals surface area contributed by atoms with Crippen LogP contribution >= 0.6 is 0 Å². The summed E-state index contributed by atoms with van der Waals surface area (Å²) in [6.45, 7) is 7.64. The zero-order valence-electron chi connectivity index (χ0n) is 13.0. The highest BCUT2D eigenvalue weighted by Gasteiger charge is 2.41. The summed E-state index contributed by atoms with van der Waals surface area (Å²) in [5, 5.41) is 3.72. The molecular formula is C17H26N2O. The maximum atomic E-state index is 6.08. The molecule has 20 heavy (non-hydrogen) atoms. The van der Waals surface area contributed by atoms with E-state index < -0.39 is 0 Å². The molecule has 1 aromatic carbocycles. The Kier molecular flexibility index (Phi) is 3.51. The summed E-state index contributed by atoms with van der Waals surface area (Å²) in [4.78, 5) is 2.50. The Morgan fingerprint density at radius 3 is 2.75 bits per heavy atom. The molecule has 0 saturated heterocycles. The zero-order chi connectivity index (χ0) is 14.3.